The van der Waals surface area contributed by atoms with Crippen molar-refractivity contribution < 1.29 is 14.3 Å². The van der Waals surface area contributed by atoms with Crippen molar-refractivity contribution in [2.75, 3.05) is 19.8 Å². The third-order valence-electron chi connectivity index (χ3n) is 2.45. The van der Waals surface area contributed by atoms with Gasteiger partial charge in [0.25, 0.3) is 0 Å². The van der Waals surface area contributed by atoms with E-state index in [0.29, 0.717) is 26.2 Å². The van der Waals surface area contributed by atoms with Crippen LogP contribution in [0.25, 0.3) is 0 Å². The van der Waals surface area contributed by atoms with Crippen molar-refractivity contribution >= 4 is 21.8 Å². The standard InChI is InChI=1S/C14H20BrNO3/c1-3-18-14(19-4-2)10-16-13(17)9-11-5-7-12(15)8-6-11/h5-8,14H,3-4,9-10H2,1-2H3,(H,16,17). The molecular weight excluding hydrogens is 310 g/mol. The fourth-order valence-electron chi connectivity index (χ4n) is 1.59. The molecular formula is C14H20BrNO3. The Morgan fingerprint density at radius 2 is 1.79 bits per heavy atom. The Hall–Kier alpha value is -0.910. The van der Waals surface area contributed by atoms with Crippen molar-refractivity contribution in [3.8, 4) is 0 Å². The van der Waals surface area contributed by atoms with Gasteiger partial charge in [0, 0.05) is 17.7 Å². The van der Waals surface area contributed by atoms with Crippen molar-refractivity contribution in [1.82, 2.24) is 5.32 Å². The predicted molar refractivity (Wildman–Crippen MR) is 77.9 cm³/mol. The molecule has 0 aliphatic rings. The van der Waals surface area contributed by atoms with Gasteiger partial charge in [-0.3, -0.25) is 4.79 Å². The molecule has 0 atom stereocenters. The lowest BCUT2D eigenvalue weighted by Gasteiger charge is -2.17. The first-order valence-corrected chi connectivity index (χ1v) is 7.19. The summed E-state index contributed by atoms with van der Waals surface area (Å²) in [5.41, 5.74) is 0.977. The van der Waals surface area contributed by atoms with Crippen LogP contribution in [0, 0.1) is 0 Å². The molecule has 0 aliphatic heterocycles. The van der Waals surface area contributed by atoms with Crippen LogP contribution in [-0.4, -0.2) is 32.0 Å². The van der Waals surface area contributed by atoms with Crippen molar-refractivity contribution in [1.29, 1.82) is 0 Å². The first kappa shape index (κ1) is 16.1. The number of nitrogens with one attached hydrogen (secondary N) is 1. The lowest BCUT2D eigenvalue weighted by molar-refractivity contribution is -0.140. The summed E-state index contributed by atoms with van der Waals surface area (Å²) in [6.07, 6.45) is -0.0120. The summed E-state index contributed by atoms with van der Waals surface area (Å²) < 4.78 is 11.7. The van der Waals surface area contributed by atoms with Crippen LogP contribution in [0.1, 0.15) is 19.4 Å². The number of ether oxygens (including phenoxy) is 2. The van der Waals surface area contributed by atoms with E-state index in [1.54, 1.807) is 0 Å². The fraction of sp³-hybridized carbons (Fsp3) is 0.500. The van der Waals surface area contributed by atoms with Gasteiger partial charge in [0.05, 0.1) is 13.0 Å². The maximum atomic E-state index is 11.8. The van der Waals surface area contributed by atoms with Crippen LogP contribution in [0.3, 0.4) is 0 Å². The molecule has 0 saturated carbocycles. The molecule has 0 saturated heterocycles. The number of hydrogen-bond donors (Lipinski definition) is 1. The second-order valence-electron chi connectivity index (χ2n) is 3.95. The lowest BCUT2D eigenvalue weighted by atomic mass is 10.1. The van der Waals surface area contributed by atoms with Crippen molar-refractivity contribution in [2.45, 2.75) is 26.6 Å². The molecule has 106 valence electrons. The Morgan fingerprint density at radius 3 is 2.32 bits per heavy atom. The molecule has 1 aromatic carbocycles. The van der Waals surface area contributed by atoms with Gasteiger partial charge < -0.3 is 14.8 Å². The summed E-state index contributed by atoms with van der Waals surface area (Å²) in [5, 5.41) is 2.81. The highest BCUT2D eigenvalue weighted by molar-refractivity contribution is 9.10. The summed E-state index contributed by atoms with van der Waals surface area (Å²) in [4.78, 5) is 11.8. The maximum Gasteiger partial charge on any atom is 0.224 e. The van der Waals surface area contributed by atoms with Crippen molar-refractivity contribution in [3.63, 3.8) is 0 Å². The largest absolute Gasteiger partial charge is 0.351 e. The van der Waals surface area contributed by atoms with Gasteiger partial charge in [-0.25, -0.2) is 0 Å². The average molecular weight is 330 g/mol. The molecule has 1 amide bonds. The zero-order chi connectivity index (χ0) is 14.1. The molecule has 0 aliphatic carbocycles. The zero-order valence-electron chi connectivity index (χ0n) is 11.3. The topological polar surface area (TPSA) is 47.6 Å². The Bertz CT molecular complexity index is 375. The Balaban J connectivity index is 2.35. The summed E-state index contributed by atoms with van der Waals surface area (Å²) in [6, 6.07) is 7.69. The van der Waals surface area contributed by atoms with E-state index in [9.17, 15) is 4.79 Å². The predicted octanol–water partition coefficient (Wildman–Crippen LogP) is 2.51. The van der Waals surface area contributed by atoms with Crippen LogP contribution in [0.5, 0.6) is 0 Å². The number of hydrogen-bond acceptors (Lipinski definition) is 3. The molecule has 1 N–H and O–H groups in total. The van der Waals surface area contributed by atoms with Crippen LogP contribution >= 0.6 is 15.9 Å². The molecule has 0 heterocycles. The average Bonchev–Trinajstić information content (AvgIpc) is 2.39. The minimum Gasteiger partial charge on any atom is -0.351 e. The second-order valence-corrected chi connectivity index (χ2v) is 4.86. The summed E-state index contributed by atoms with van der Waals surface area (Å²) in [7, 11) is 0. The summed E-state index contributed by atoms with van der Waals surface area (Å²) in [6.45, 7) is 5.29. The smallest absolute Gasteiger partial charge is 0.224 e. The van der Waals surface area contributed by atoms with E-state index in [1.807, 2.05) is 38.1 Å². The van der Waals surface area contributed by atoms with E-state index in [-0.39, 0.29) is 12.2 Å². The van der Waals surface area contributed by atoms with Gasteiger partial charge in [-0.2, -0.15) is 0 Å². The molecule has 1 aromatic rings. The molecule has 0 unspecified atom stereocenters. The zero-order valence-corrected chi connectivity index (χ0v) is 12.9. The molecule has 5 heteroatoms. The number of amides is 1. The molecule has 0 aromatic heterocycles. The van der Waals surface area contributed by atoms with Gasteiger partial charge in [0.2, 0.25) is 5.91 Å². The molecule has 0 radical (unpaired) electrons. The Labute approximate surface area is 122 Å². The van der Waals surface area contributed by atoms with E-state index in [4.69, 9.17) is 9.47 Å². The second kappa shape index (κ2) is 9.07. The first-order valence-electron chi connectivity index (χ1n) is 6.40. The fourth-order valence-corrected chi connectivity index (χ4v) is 1.85. The van der Waals surface area contributed by atoms with Crippen LogP contribution in [0.15, 0.2) is 28.7 Å². The van der Waals surface area contributed by atoms with Gasteiger partial charge in [0.15, 0.2) is 6.29 Å². The van der Waals surface area contributed by atoms with Crippen LogP contribution in [0.4, 0.5) is 0 Å². The molecule has 0 spiro atoms. The lowest BCUT2D eigenvalue weighted by Crippen LogP contribution is -2.36. The number of carbonyl (C=O) groups excluding carboxylic acids is 1. The van der Waals surface area contributed by atoms with Gasteiger partial charge in [-0.15, -0.1) is 0 Å². The monoisotopic (exact) mass is 329 g/mol. The highest BCUT2D eigenvalue weighted by atomic mass is 79.9. The van der Waals surface area contributed by atoms with E-state index in [0.717, 1.165) is 10.0 Å². The maximum absolute atomic E-state index is 11.8. The Morgan fingerprint density at radius 1 is 1.21 bits per heavy atom. The van der Waals surface area contributed by atoms with E-state index < -0.39 is 0 Å². The van der Waals surface area contributed by atoms with E-state index >= 15 is 0 Å². The van der Waals surface area contributed by atoms with Crippen LogP contribution in [-0.2, 0) is 20.7 Å². The molecule has 0 fully saturated rings. The van der Waals surface area contributed by atoms with Crippen molar-refractivity contribution in [3.05, 3.63) is 34.3 Å². The molecule has 19 heavy (non-hydrogen) atoms. The molecule has 0 bridgehead atoms. The van der Waals surface area contributed by atoms with Crippen molar-refractivity contribution in [2.24, 2.45) is 0 Å². The normalized spacial score (nSPS) is 10.7. The SMILES string of the molecule is CCOC(CNC(=O)Cc1ccc(Br)cc1)OCC. The van der Waals surface area contributed by atoms with Gasteiger partial charge in [-0.1, -0.05) is 28.1 Å². The van der Waals surface area contributed by atoms with Gasteiger partial charge >= 0.3 is 0 Å². The van der Waals surface area contributed by atoms with Crippen LogP contribution < -0.4 is 5.32 Å². The highest BCUT2D eigenvalue weighted by Gasteiger charge is 2.10. The van der Waals surface area contributed by atoms with Gasteiger partial charge in [0.1, 0.15) is 0 Å². The third-order valence-corrected chi connectivity index (χ3v) is 2.98. The third kappa shape index (κ3) is 6.71. The number of halogens is 1. The molecule has 4 nitrogen and oxygen atoms in total. The minimum atomic E-state index is -0.371. The van der Waals surface area contributed by atoms with Crippen LogP contribution in [0.2, 0.25) is 0 Å². The first-order chi connectivity index (χ1) is 9.15. The number of carbonyl (C=O) groups is 1. The summed E-state index contributed by atoms with van der Waals surface area (Å²) in [5.74, 6) is -0.0354. The minimum absolute atomic E-state index is 0.0354. The summed E-state index contributed by atoms with van der Waals surface area (Å²) >= 11 is 3.36. The van der Waals surface area contributed by atoms with Gasteiger partial charge in [-0.05, 0) is 31.5 Å². The van der Waals surface area contributed by atoms with E-state index in [2.05, 4.69) is 21.2 Å². The highest BCUT2D eigenvalue weighted by Crippen LogP contribution is 2.10. The van der Waals surface area contributed by atoms with E-state index in [1.165, 1.54) is 0 Å². The number of rotatable bonds is 8. The molecule has 1 rings (SSSR count). The number of benzene rings is 1. The quantitative estimate of drug-likeness (QED) is 0.745. The Kier molecular flexibility index (Phi) is 7.70.